The number of hydrogen-bond donors (Lipinski definition) is 2. The monoisotopic (exact) mass is 412 g/mol. The van der Waals surface area contributed by atoms with Crippen molar-refractivity contribution < 1.29 is 26.8 Å². The predicted octanol–water partition coefficient (Wildman–Crippen LogP) is 4.02. The zero-order valence-corrected chi connectivity index (χ0v) is 16.2. The van der Waals surface area contributed by atoms with Crippen molar-refractivity contribution >= 4 is 17.4 Å². The topological polar surface area (TPSA) is 93.5 Å². The highest BCUT2D eigenvalue weighted by molar-refractivity contribution is 6.03. The van der Waals surface area contributed by atoms with Crippen molar-refractivity contribution in [2.75, 3.05) is 5.32 Å². The molecule has 6 nitrogen and oxygen atoms in total. The smallest absolute Gasteiger partial charge is 0.280 e. The maximum atomic E-state index is 14.8. The van der Waals surface area contributed by atoms with E-state index in [2.05, 4.69) is 15.3 Å². The third-order valence-corrected chi connectivity index (χ3v) is 5.01. The second kappa shape index (κ2) is 6.57. The van der Waals surface area contributed by atoms with Crippen molar-refractivity contribution in [1.29, 1.82) is 0 Å². The molecule has 0 saturated heterocycles. The number of anilines is 1. The molecule has 1 aromatic heterocycles. The van der Waals surface area contributed by atoms with Crippen LogP contribution in [-0.2, 0) is 5.54 Å². The number of aliphatic imine (C=N–C) groups is 1. The first-order chi connectivity index (χ1) is 13.3. The molecule has 2 heterocycles. The fraction of sp³-hybridized carbons (Fsp3) is 0.421. The second-order valence-electron chi connectivity index (χ2n) is 7.43. The van der Waals surface area contributed by atoms with Crippen LogP contribution in [0, 0.1) is 19.7 Å². The normalized spacial score (nSPS) is 26.1. The Balaban J connectivity index is 2.02. The van der Waals surface area contributed by atoms with Crippen LogP contribution in [0.5, 0.6) is 0 Å². The summed E-state index contributed by atoms with van der Waals surface area (Å²) in [6.45, 7) is 4.98. The van der Waals surface area contributed by atoms with E-state index in [4.69, 9.17) is 10.2 Å². The van der Waals surface area contributed by atoms with E-state index in [0.29, 0.717) is 0 Å². The molecule has 3 N–H and O–H groups in total. The SMILES string of the molecule is Cc1nc(C(=O)Nc2ccc(F)c([C@@]3(C)N=C(N)[C@@](C)(F)CC3(F)F)c2)c(C)o1. The summed E-state index contributed by atoms with van der Waals surface area (Å²) in [6, 6.07) is 3.15. The lowest BCUT2D eigenvalue weighted by Gasteiger charge is -2.42. The fourth-order valence-electron chi connectivity index (χ4n) is 3.28. The third-order valence-electron chi connectivity index (χ3n) is 5.01. The van der Waals surface area contributed by atoms with Gasteiger partial charge in [0.05, 0.1) is 6.42 Å². The van der Waals surface area contributed by atoms with Crippen molar-refractivity contribution in [2.24, 2.45) is 10.7 Å². The van der Waals surface area contributed by atoms with Crippen molar-refractivity contribution in [3.63, 3.8) is 0 Å². The van der Waals surface area contributed by atoms with Crippen molar-refractivity contribution in [3.05, 3.63) is 46.9 Å². The van der Waals surface area contributed by atoms with E-state index in [0.717, 1.165) is 26.0 Å². The van der Waals surface area contributed by atoms with Crippen LogP contribution in [0.1, 0.15) is 48.0 Å². The van der Waals surface area contributed by atoms with Gasteiger partial charge in [0, 0.05) is 18.2 Å². The quantitative estimate of drug-likeness (QED) is 0.745. The number of carbonyl (C=O) groups is 1. The molecule has 1 aliphatic heterocycles. The predicted molar refractivity (Wildman–Crippen MR) is 98.4 cm³/mol. The number of alkyl halides is 3. The van der Waals surface area contributed by atoms with Gasteiger partial charge in [-0.25, -0.2) is 22.5 Å². The van der Waals surface area contributed by atoms with Crippen LogP contribution in [0.25, 0.3) is 0 Å². The highest BCUT2D eigenvalue weighted by Gasteiger charge is 2.60. The number of aryl methyl sites for hydroxylation is 2. The number of amides is 1. The lowest BCUT2D eigenvalue weighted by Crippen LogP contribution is -2.56. The maximum Gasteiger partial charge on any atom is 0.280 e. The number of nitrogens with one attached hydrogen (secondary N) is 1. The van der Waals surface area contributed by atoms with Crippen molar-refractivity contribution in [3.8, 4) is 0 Å². The Morgan fingerprint density at radius 3 is 2.48 bits per heavy atom. The lowest BCUT2D eigenvalue weighted by atomic mass is 9.77. The summed E-state index contributed by atoms with van der Waals surface area (Å²) in [5.41, 5.74) is 0.0943. The number of nitrogens with two attached hydrogens (primary N) is 1. The van der Waals surface area contributed by atoms with Gasteiger partial charge in [-0.3, -0.25) is 9.79 Å². The molecule has 0 aliphatic carbocycles. The molecule has 156 valence electrons. The van der Waals surface area contributed by atoms with Gasteiger partial charge in [-0.1, -0.05) is 0 Å². The van der Waals surface area contributed by atoms with Crippen molar-refractivity contribution in [2.45, 2.75) is 51.2 Å². The molecule has 0 bridgehead atoms. The number of halogens is 4. The van der Waals surface area contributed by atoms with Gasteiger partial charge in [-0.15, -0.1) is 0 Å². The number of rotatable bonds is 3. The second-order valence-corrected chi connectivity index (χ2v) is 7.43. The molecular formula is C19H20F4N4O2. The minimum Gasteiger partial charge on any atom is -0.445 e. The number of nitrogens with zero attached hydrogens (tertiary/aromatic N) is 2. The molecular weight excluding hydrogens is 392 g/mol. The van der Waals surface area contributed by atoms with Gasteiger partial charge in [0.25, 0.3) is 11.8 Å². The standard InChI is InChI=1S/C19H20F4N4O2/c1-9-14(25-10(2)29-9)15(28)26-11-5-6-13(20)12(7-11)18(4)19(22,23)8-17(3,21)16(24)27-18/h5-7H,8H2,1-4H3,(H2,24,27)(H,26,28)/t17-,18+/m0/s1. The summed E-state index contributed by atoms with van der Waals surface area (Å²) >= 11 is 0. The molecule has 2 atom stereocenters. The Morgan fingerprint density at radius 2 is 1.90 bits per heavy atom. The highest BCUT2D eigenvalue weighted by atomic mass is 19.3. The first kappa shape index (κ1) is 20.8. The van der Waals surface area contributed by atoms with Gasteiger partial charge in [-0.2, -0.15) is 0 Å². The first-order valence-electron chi connectivity index (χ1n) is 8.75. The van der Waals surface area contributed by atoms with Crippen LogP contribution in [-0.4, -0.2) is 28.3 Å². The van der Waals surface area contributed by atoms with Gasteiger partial charge in [0.1, 0.15) is 17.4 Å². The van der Waals surface area contributed by atoms with Crippen LogP contribution < -0.4 is 11.1 Å². The van der Waals surface area contributed by atoms with E-state index in [-0.39, 0.29) is 23.0 Å². The average molecular weight is 412 g/mol. The maximum absolute atomic E-state index is 14.8. The molecule has 29 heavy (non-hydrogen) atoms. The minimum absolute atomic E-state index is 0.0121. The summed E-state index contributed by atoms with van der Waals surface area (Å²) in [4.78, 5) is 20.0. The van der Waals surface area contributed by atoms with Gasteiger partial charge in [-0.05, 0) is 39.0 Å². The van der Waals surface area contributed by atoms with Crippen LogP contribution in [0.3, 0.4) is 0 Å². The fourth-order valence-corrected chi connectivity index (χ4v) is 3.28. The average Bonchev–Trinajstić information content (AvgIpc) is 2.92. The van der Waals surface area contributed by atoms with Crippen LogP contribution >= 0.6 is 0 Å². The number of aromatic nitrogens is 1. The Hall–Kier alpha value is -2.91. The zero-order valence-electron chi connectivity index (χ0n) is 16.2. The van der Waals surface area contributed by atoms with Gasteiger partial charge < -0.3 is 15.5 Å². The Labute approximate surface area is 164 Å². The summed E-state index contributed by atoms with van der Waals surface area (Å²) in [6.07, 6.45) is -1.25. The Kier molecular flexibility index (Phi) is 4.71. The summed E-state index contributed by atoms with van der Waals surface area (Å²) in [7, 11) is 0. The number of oxazole rings is 1. The Morgan fingerprint density at radius 1 is 1.24 bits per heavy atom. The van der Waals surface area contributed by atoms with E-state index in [1.165, 1.54) is 6.07 Å². The molecule has 1 amide bonds. The Bertz CT molecular complexity index is 1020. The number of benzene rings is 1. The molecule has 3 rings (SSSR count). The molecule has 0 saturated carbocycles. The van der Waals surface area contributed by atoms with Crippen molar-refractivity contribution in [1.82, 2.24) is 4.98 Å². The van der Waals surface area contributed by atoms with Gasteiger partial charge >= 0.3 is 0 Å². The molecule has 10 heteroatoms. The summed E-state index contributed by atoms with van der Waals surface area (Å²) in [5.74, 6) is -5.47. The van der Waals surface area contributed by atoms with E-state index in [1.807, 2.05) is 0 Å². The van der Waals surface area contributed by atoms with Crippen LogP contribution in [0.2, 0.25) is 0 Å². The lowest BCUT2D eigenvalue weighted by molar-refractivity contribution is -0.106. The van der Waals surface area contributed by atoms with E-state index >= 15 is 0 Å². The molecule has 1 aromatic carbocycles. The van der Waals surface area contributed by atoms with Crippen LogP contribution in [0.15, 0.2) is 27.6 Å². The zero-order chi connectivity index (χ0) is 21.8. The largest absolute Gasteiger partial charge is 0.445 e. The molecule has 0 unspecified atom stereocenters. The summed E-state index contributed by atoms with van der Waals surface area (Å²) < 4.78 is 63.6. The minimum atomic E-state index is -3.73. The van der Waals surface area contributed by atoms with E-state index in [9.17, 15) is 22.4 Å². The highest BCUT2D eigenvalue weighted by Crippen LogP contribution is 2.50. The summed E-state index contributed by atoms with van der Waals surface area (Å²) in [5, 5.41) is 2.46. The molecule has 0 radical (unpaired) electrons. The molecule has 0 fully saturated rings. The van der Waals surface area contributed by atoms with E-state index < -0.39 is 46.7 Å². The van der Waals surface area contributed by atoms with E-state index in [1.54, 1.807) is 13.8 Å². The molecule has 1 aliphatic rings. The van der Waals surface area contributed by atoms with Gasteiger partial charge in [0.2, 0.25) is 0 Å². The third kappa shape index (κ3) is 3.47. The first-order valence-corrected chi connectivity index (χ1v) is 8.75. The number of amidine groups is 1. The molecule has 0 spiro atoms. The van der Waals surface area contributed by atoms with Gasteiger partial charge in [0.15, 0.2) is 22.8 Å². The molecule has 2 aromatic rings. The number of hydrogen-bond acceptors (Lipinski definition) is 5. The number of carbonyl (C=O) groups excluding carboxylic acids is 1. The van der Waals surface area contributed by atoms with Crippen LogP contribution in [0.4, 0.5) is 23.2 Å².